The number of allylic oxidation sites excluding steroid dienone is 4. The molecule has 0 saturated carbocycles. The number of ether oxygens (including phenoxy) is 2. The molecule has 0 saturated heterocycles. The average Bonchev–Trinajstić information content (AvgIpc) is 3.10. The van der Waals surface area contributed by atoms with Crippen LogP contribution in [0.4, 0.5) is 0 Å². The smallest absolute Gasteiger partial charge is 0.744 e. The first-order chi connectivity index (χ1) is 24.3. The normalized spacial score (nSPS) is 11.7. The van der Waals surface area contributed by atoms with E-state index < -0.39 is 27.0 Å². The minimum atomic E-state index is -4.82. The second kappa shape index (κ2) is 34.9. The van der Waals surface area contributed by atoms with Crippen LogP contribution in [0.5, 0.6) is 0 Å². The summed E-state index contributed by atoms with van der Waals surface area (Å²) in [5.74, 6) is -1.59. The summed E-state index contributed by atoms with van der Waals surface area (Å²) in [4.78, 5) is 25.1. The Labute approximate surface area is 354 Å². The molecule has 0 amide bonds. The van der Waals surface area contributed by atoms with Crippen LogP contribution in [0.15, 0.2) is 47.4 Å². The zero-order valence-corrected chi connectivity index (χ0v) is 36.5. The van der Waals surface area contributed by atoms with E-state index in [2.05, 4.69) is 38.2 Å². The zero-order valence-electron chi connectivity index (χ0n) is 32.6. The van der Waals surface area contributed by atoms with Gasteiger partial charge in [-0.25, -0.2) is 18.0 Å². The molecule has 0 aliphatic carbocycles. The van der Waals surface area contributed by atoms with Crippen LogP contribution >= 0.6 is 0 Å². The van der Waals surface area contributed by atoms with E-state index in [-0.39, 0.29) is 75.7 Å². The molecule has 0 heterocycles. The summed E-state index contributed by atoms with van der Waals surface area (Å²) < 4.78 is 45.6. The molecule has 51 heavy (non-hydrogen) atoms. The molecule has 9 heteroatoms. The quantitative estimate of drug-likeness (QED) is 0.0231. The Hall–Kier alpha value is -0.814. The van der Waals surface area contributed by atoms with E-state index in [0.717, 1.165) is 56.7 Å². The van der Waals surface area contributed by atoms with Crippen LogP contribution < -0.4 is 51.4 Å². The topological polar surface area (TPSA) is 110 Å². The third-order valence-electron chi connectivity index (χ3n) is 9.00. The van der Waals surface area contributed by atoms with Gasteiger partial charge in [-0.3, -0.25) is 0 Å². The van der Waals surface area contributed by atoms with Gasteiger partial charge >= 0.3 is 63.3 Å². The molecular weight excluding hydrogens is 688 g/mol. The van der Waals surface area contributed by atoms with Gasteiger partial charge in [0, 0.05) is 0 Å². The molecule has 0 radical (unpaired) electrons. The summed E-state index contributed by atoms with van der Waals surface area (Å²) in [7, 11) is -4.82. The van der Waals surface area contributed by atoms with Crippen LogP contribution in [0.2, 0.25) is 0 Å². The molecule has 0 unspecified atom stereocenters. The fraction of sp³-hybridized carbons (Fsp3) is 0.714. The van der Waals surface area contributed by atoms with Crippen molar-refractivity contribution in [3.05, 3.63) is 53.6 Å². The number of esters is 2. The maximum absolute atomic E-state index is 12.9. The van der Waals surface area contributed by atoms with Crippen molar-refractivity contribution in [2.75, 3.05) is 13.2 Å². The van der Waals surface area contributed by atoms with E-state index in [1.807, 2.05) is 0 Å². The SMILES string of the molecule is CCCCCCCCCCC/C=C/CCCCOC(=O)c1ccc(S(=O)(=O)[O-])cc1C(=O)OCCCC/C=C/CCCCCCCCCCC.[K+]. The maximum Gasteiger partial charge on any atom is 1.00 e. The van der Waals surface area contributed by atoms with Gasteiger partial charge in [-0.1, -0.05) is 141 Å². The molecule has 286 valence electrons. The number of hydrogen-bond acceptors (Lipinski definition) is 7. The molecule has 1 rings (SSSR count). The second-order valence-corrected chi connectivity index (χ2v) is 15.0. The number of unbranched alkanes of at least 4 members (excludes halogenated alkanes) is 22. The van der Waals surface area contributed by atoms with Crippen LogP contribution in [0.3, 0.4) is 0 Å². The molecule has 0 aliphatic rings. The van der Waals surface area contributed by atoms with Gasteiger partial charge in [0.25, 0.3) is 0 Å². The first-order valence-electron chi connectivity index (χ1n) is 20.0. The standard InChI is InChI=1S/C42H70O7S.K/c1-3-5-7-9-11-13-15-17-19-21-23-25-27-29-31-35-48-41(43)39-34-33-38(50(45,46)47)37-40(39)42(44)49-36-32-30-28-26-24-22-20-18-16-14-12-10-8-6-4-2;/h23-26,33-34,37H,3-22,27-32,35-36H2,1-2H3,(H,45,46,47);/q;+1/p-1/b25-23+,26-24+;. The van der Waals surface area contributed by atoms with Gasteiger partial charge in [0.1, 0.15) is 10.1 Å². The third-order valence-corrected chi connectivity index (χ3v) is 9.83. The van der Waals surface area contributed by atoms with E-state index in [9.17, 15) is 22.6 Å². The van der Waals surface area contributed by atoms with Gasteiger partial charge in [-0.2, -0.15) is 0 Å². The zero-order chi connectivity index (χ0) is 36.5. The minimum absolute atomic E-state index is 0. The molecule has 0 aromatic heterocycles. The van der Waals surface area contributed by atoms with E-state index in [4.69, 9.17) is 9.47 Å². The van der Waals surface area contributed by atoms with Crippen LogP contribution in [-0.4, -0.2) is 38.1 Å². The number of hydrogen-bond donors (Lipinski definition) is 0. The monoisotopic (exact) mass is 756 g/mol. The third kappa shape index (κ3) is 28.3. The summed E-state index contributed by atoms with van der Waals surface area (Å²) in [6, 6.07) is 3.08. The molecule has 0 spiro atoms. The van der Waals surface area contributed by atoms with Gasteiger partial charge < -0.3 is 14.0 Å². The van der Waals surface area contributed by atoms with Crippen molar-refractivity contribution in [3.63, 3.8) is 0 Å². The predicted molar refractivity (Wildman–Crippen MR) is 205 cm³/mol. The largest absolute Gasteiger partial charge is 1.00 e. The van der Waals surface area contributed by atoms with Crippen molar-refractivity contribution in [2.24, 2.45) is 0 Å². The van der Waals surface area contributed by atoms with Crippen LogP contribution in [-0.2, 0) is 19.6 Å². The number of rotatable bonds is 33. The van der Waals surface area contributed by atoms with Crippen molar-refractivity contribution in [1.29, 1.82) is 0 Å². The Bertz CT molecular complexity index is 1180. The molecule has 0 bridgehead atoms. The molecular formula is C42H69KO7S. The van der Waals surface area contributed by atoms with Crippen molar-refractivity contribution in [2.45, 2.75) is 186 Å². The van der Waals surface area contributed by atoms with Crippen LogP contribution in [0, 0.1) is 0 Å². The van der Waals surface area contributed by atoms with Gasteiger partial charge in [0.2, 0.25) is 0 Å². The Morgan fingerprint density at radius 3 is 1.24 bits per heavy atom. The van der Waals surface area contributed by atoms with E-state index >= 15 is 0 Å². The summed E-state index contributed by atoms with van der Waals surface area (Å²) in [5.41, 5.74) is -0.380. The van der Waals surface area contributed by atoms with E-state index in [1.165, 1.54) is 116 Å². The first kappa shape index (κ1) is 50.2. The Balaban J connectivity index is 0.0000250. The molecule has 0 aliphatic heterocycles. The summed E-state index contributed by atoms with van der Waals surface area (Å²) in [5, 5.41) is 0. The van der Waals surface area contributed by atoms with Crippen LogP contribution in [0.1, 0.15) is 202 Å². The molecule has 1 aromatic carbocycles. The Morgan fingerprint density at radius 1 is 0.529 bits per heavy atom. The predicted octanol–water partition coefficient (Wildman–Crippen LogP) is 9.20. The summed E-state index contributed by atoms with van der Waals surface area (Å²) >= 11 is 0. The molecule has 1 aromatic rings. The fourth-order valence-corrected chi connectivity index (χ4v) is 6.35. The van der Waals surface area contributed by atoms with Crippen molar-refractivity contribution < 1.29 is 83.4 Å². The van der Waals surface area contributed by atoms with Gasteiger partial charge in [0.05, 0.1) is 29.2 Å². The van der Waals surface area contributed by atoms with Gasteiger partial charge in [0.15, 0.2) is 0 Å². The van der Waals surface area contributed by atoms with Crippen LogP contribution in [0.25, 0.3) is 0 Å². The fourth-order valence-electron chi connectivity index (χ4n) is 5.86. The maximum atomic E-state index is 12.9. The molecule has 0 N–H and O–H groups in total. The first-order valence-corrected chi connectivity index (χ1v) is 21.5. The average molecular weight is 757 g/mol. The summed E-state index contributed by atoms with van der Waals surface area (Å²) in [6.07, 6.45) is 39.5. The van der Waals surface area contributed by atoms with Crippen molar-refractivity contribution in [1.82, 2.24) is 0 Å². The second-order valence-electron chi connectivity index (χ2n) is 13.6. The number of carbonyl (C=O) groups is 2. The molecule has 0 atom stereocenters. The van der Waals surface area contributed by atoms with Crippen molar-refractivity contribution in [3.8, 4) is 0 Å². The number of benzene rings is 1. The van der Waals surface area contributed by atoms with E-state index in [0.29, 0.717) is 12.8 Å². The van der Waals surface area contributed by atoms with Gasteiger partial charge in [-0.05, 0) is 82.4 Å². The van der Waals surface area contributed by atoms with Gasteiger partial charge in [-0.15, -0.1) is 0 Å². The Kier molecular flexibility index (Phi) is 34.4. The van der Waals surface area contributed by atoms with E-state index in [1.54, 1.807) is 0 Å². The number of carbonyl (C=O) groups excluding carboxylic acids is 2. The molecule has 0 fully saturated rings. The summed E-state index contributed by atoms with van der Waals surface area (Å²) in [6.45, 7) is 4.79. The molecule has 7 nitrogen and oxygen atoms in total. The minimum Gasteiger partial charge on any atom is -0.744 e. The Morgan fingerprint density at radius 2 is 0.863 bits per heavy atom. The van der Waals surface area contributed by atoms with Crippen molar-refractivity contribution >= 4 is 22.1 Å².